The van der Waals surface area contributed by atoms with Crippen molar-refractivity contribution in [3.8, 4) is 0 Å². The van der Waals surface area contributed by atoms with E-state index in [2.05, 4.69) is 15.5 Å². The van der Waals surface area contributed by atoms with Gasteiger partial charge in [-0.3, -0.25) is 4.79 Å². The van der Waals surface area contributed by atoms with Crippen LogP contribution in [0, 0.1) is 6.92 Å². The fourth-order valence-corrected chi connectivity index (χ4v) is 0.742. The van der Waals surface area contributed by atoms with Gasteiger partial charge in [-0.05, 0) is 13.0 Å². The summed E-state index contributed by atoms with van der Waals surface area (Å²) < 4.78 is 0. The van der Waals surface area contributed by atoms with Crippen molar-refractivity contribution in [1.82, 2.24) is 15.5 Å². The molecule has 0 spiro atoms. The molecule has 0 aliphatic heterocycles. The molecule has 1 N–H and O–H groups in total. The first-order chi connectivity index (χ1) is 5.24. The minimum absolute atomic E-state index is 0.136. The summed E-state index contributed by atoms with van der Waals surface area (Å²) in [5.41, 5.74) is 1.28. The number of nitrogens with zero attached hydrogens (tertiary/aromatic N) is 2. The van der Waals surface area contributed by atoms with Gasteiger partial charge >= 0.3 is 0 Å². The summed E-state index contributed by atoms with van der Waals surface area (Å²) in [7, 11) is 1.58. The summed E-state index contributed by atoms with van der Waals surface area (Å²) in [4.78, 5) is 11.0. The second kappa shape index (κ2) is 3.09. The highest BCUT2D eigenvalue weighted by Crippen LogP contribution is 1.96. The van der Waals surface area contributed by atoms with Gasteiger partial charge in [0.05, 0.1) is 17.5 Å². The standard InChI is InChI=1S/C7H9N3O/c1-5-3-6(4-9-10-5)7(11)8-2/h3-4H,1-2H3,(H,8,11). The van der Waals surface area contributed by atoms with Crippen LogP contribution in [0.4, 0.5) is 0 Å². The molecule has 0 radical (unpaired) electrons. The quantitative estimate of drug-likeness (QED) is 0.621. The van der Waals surface area contributed by atoms with Gasteiger partial charge in [0, 0.05) is 7.05 Å². The summed E-state index contributed by atoms with van der Waals surface area (Å²) >= 11 is 0. The third kappa shape index (κ3) is 1.73. The lowest BCUT2D eigenvalue weighted by atomic mass is 10.2. The Morgan fingerprint density at radius 3 is 2.91 bits per heavy atom. The highest BCUT2D eigenvalue weighted by atomic mass is 16.1. The Morgan fingerprint density at radius 2 is 2.36 bits per heavy atom. The SMILES string of the molecule is CNC(=O)c1cnnc(C)c1. The van der Waals surface area contributed by atoms with E-state index >= 15 is 0 Å². The summed E-state index contributed by atoms with van der Waals surface area (Å²) in [5, 5.41) is 9.87. The van der Waals surface area contributed by atoms with Crippen LogP contribution in [0.2, 0.25) is 0 Å². The highest BCUT2D eigenvalue weighted by Gasteiger charge is 2.02. The van der Waals surface area contributed by atoms with Crippen LogP contribution in [-0.4, -0.2) is 23.2 Å². The minimum atomic E-state index is -0.136. The van der Waals surface area contributed by atoms with Gasteiger partial charge in [-0.15, -0.1) is 0 Å². The molecular weight excluding hydrogens is 142 g/mol. The number of hydrogen-bond donors (Lipinski definition) is 1. The van der Waals surface area contributed by atoms with Gasteiger partial charge in [0.1, 0.15) is 0 Å². The third-order valence-corrected chi connectivity index (χ3v) is 1.27. The van der Waals surface area contributed by atoms with E-state index in [9.17, 15) is 4.79 Å². The van der Waals surface area contributed by atoms with Gasteiger partial charge < -0.3 is 5.32 Å². The summed E-state index contributed by atoms with van der Waals surface area (Å²) in [6, 6.07) is 1.69. The molecule has 4 nitrogen and oxygen atoms in total. The summed E-state index contributed by atoms with van der Waals surface area (Å²) in [6.07, 6.45) is 1.44. The molecule has 0 bridgehead atoms. The van der Waals surface area contributed by atoms with Crippen molar-refractivity contribution in [3.63, 3.8) is 0 Å². The summed E-state index contributed by atoms with van der Waals surface area (Å²) in [5.74, 6) is -0.136. The average Bonchev–Trinajstić information content (AvgIpc) is 2.03. The molecule has 0 aromatic carbocycles. The average molecular weight is 151 g/mol. The van der Waals surface area contributed by atoms with E-state index in [4.69, 9.17) is 0 Å². The second-order valence-corrected chi connectivity index (χ2v) is 2.16. The minimum Gasteiger partial charge on any atom is -0.355 e. The van der Waals surface area contributed by atoms with E-state index in [0.29, 0.717) is 5.56 Å². The molecule has 0 fully saturated rings. The largest absolute Gasteiger partial charge is 0.355 e. The Labute approximate surface area is 64.6 Å². The van der Waals surface area contributed by atoms with E-state index in [1.165, 1.54) is 6.20 Å². The Hall–Kier alpha value is -1.45. The fourth-order valence-electron chi connectivity index (χ4n) is 0.742. The number of hydrogen-bond acceptors (Lipinski definition) is 3. The maximum Gasteiger partial charge on any atom is 0.252 e. The van der Waals surface area contributed by atoms with E-state index < -0.39 is 0 Å². The van der Waals surface area contributed by atoms with Gasteiger partial charge in [-0.2, -0.15) is 10.2 Å². The van der Waals surface area contributed by atoms with Crippen LogP contribution in [-0.2, 0) is 0 Å². The lowest BCUT2D eigenvalue weighted by Gasteiger charge is -1.97. The van der Waals surface area contributed by atoms with Gasteiger partial charge in [0.15, 0.2) is 0 Å². The molecule has 0 aliphatic rings. The molecule has 58 valence electrons. The van der Waals surface area contributed by atoms with Crippen LogP contribution in [0.5, 0.6) is 0 Å². The summed E-state index contributed by atoms with van der Waals surface area (Å²) in [6.45, 7) is 1.79. The highest BCUT2D eigenvalue weighted by molar-refractivity contribution is 5.93. The normalized spacial score (nSPS) is 9.27. The number of aryl methyl sites for hydroxylation is 1. The van der Waals surface area contributed by atoms with Gasteiger partial charge in [0.2, 0.25) is 0 Å². The number of carbonyl (C=O) groups is 1. The maximum atomic E-state index is 11.0. The third-order valence-electron chi connectivity index (χ3n) is 1.27. The van der Waals surface area contributed by atoms with E-state index in [0.717, 1.165) is 5.69 Å². The molecule has 11 heavy (non-hydrogen) atoms. The molecule has 1 rings (SSSR count). The van der Waals surface area contributed by atoms with Crippen molar-refractivity contribution in [2.75, 3.05) is 7.05 Å². The van der Waals surface area contributed by atoms with Gasteiger partial charge in [-0.25, -0.2) is 0 Å². The molecule has 0 unspecified atom stereocenters. The number of rotatable bonds is 1. The first-order valence-corrected chi connectivity index (χ1v) is 3.25. The van der Waals surface area contributed by atoms with Crippen molar-refractivity contribution < 1.29 is 4.79 Å². The molecule has 1 heterocycles. The van der Waals surface area contributed by atoms with Crippen molar-refractivity contribution in [2.45, 2.75) is 6.92 Å². The van der Waals surface area contributed by atoms with Crippen molar-refractivity contribution >= 4 is 5.91 Å². The van der Waals surface area contributed by atoms with Crippen LogP contribution in [0.3, 0.4) is 0 Å². The van der Waals surface area contributed by atoms with Gasteiger partial charge in [0.25, 0.3) is 5.91 Å². The van der Waals surface area contributed by atoms with Crippen LogP contribution in [0.1, 0.15) is 16.1 Å². The zero-order chi connectivity index (χ0) is 8.27. The van der Waals surface area contributed by atoms with Crippen molar-refractivity contribution in [3.05, 3.63) is 23.5 Å². The molecule has 0 atom stereocenters. The lowest BCUT2D eigenvalue weighted by Crippen LogP contribution is -2.18. The molecule has 0 aliphatic carbocycles. The number of carbonyl (C=O) groups excluding carboxylic acids is 1. The number of amides is 1. The van der Waals surface area contributed by atoms with Crippen molar-refractivity contribution in [2.24, 2.45) is 0 Å². The molecular formula is C7H9N3O. The van der Waals surface area contributed by atoms with Crippen LogP contribution in [0.25, 0.3) is 0 Å². The molecule has 4 heteroatoms. The molecule has 1 aromatic heterocycles. The van der Waals surface area contributed by atoms with E-state index in [-0.39, 0.29) is 5.91 Å². The number of nitrogens with one attached hydrogen (secondary N) is 1. The smallest absolute Gasteiger partial charge is 0.252 e. The Bertz CT molecular complexity index is 272. The van der Waals surface area contributed by atoms with E-state index in [1.54, 1.807) is 20.0 Å². The zero-order valence-corrected chi connectivity index (χ0v) is 6.46. The van der Waals surface area contributed by atoms with Crippen LogP contribution in [0.15, 0.2) is 12.3 Å². The topological polar surface area (TPSA) is 54.9 Å². The van der Waals surface area contributed by atoms with Crippen LogP contribution < -0.4 is 5.32 Å². The first kappa shape index (κ1) is 7.65. The fraction of sp³-hybridized carbons (Fsp3) is 0.286. The monoisotopic (exact) mass is 151 g/mol. The molecule has 1 amide bonds. The predicted octanol–water partition coefficient (Wildman–Crippen LogP) is 0.145. The molecule has 0 saturated heterocycles. The van der Waals surface area contributed by atoms with Crippen LogP contribution >= 0.6 is 0 Å². The van der Waals surface area contributed by atoms with Gasteiger partial charge in [-0.1, -0.05) is 0 Å². The Kier molecular flexibility index (Phi) is 2.15. The Morgan fingerprint density at radius 1 is 1.64 bits per heavy atom. The van der Waals surface area contributed by atoms with E-state index in [1.807, 2.05) is 0 Å². The number of aromatic nitrogens is 2. The first-order valence-electron chi connectivity index (χ1n) is 3.25. The Balaban J connectivity index is 2.96. The molecule has 1 aromatic rings. The molecule has 0 saturated carbocycles. The zero-order valence-electron chi connectivity index (χ0n) is 6.46. The maximum absolute atomic E-state index is 11.0. The predicted molar refractivity (Wildman–Crippen MR) is 40.2 cm³/mol. The van der Waals surface area contributed by atoms with Crippen molar-refractivity contribution in [1.29, 1.82) is 0 Å². The second-order valence-electron chi connectivity index (χ2n) is 2.16. The lowest BCUT2D eigenvalue weighted by molar-refractivity contribution is 0.0962.